The van der Waals surface area contributed by atoms with E-state index >= 15 is 0 Å². The summed E-state index contributed by atoms with van der Waals surface area (Å²) in [6.07, 6.45) is 22.5. The minimum atomic E-state index is 0.376. The van der Waals surface area contributed by atoms with E-state index in [0.29, 0.717) is 5.92 Å². The molecule has 0 spiro atoms. The van der Waals surface area contributed by atoms with Crippen LogP contribution in [0.15, 0.2) is 0 Å². The maximum atomic E-state index is 5.55. The van der Waals surface area contributed by atoms with Gasteiger partial charge in [-0.05, 0) is 18.6 Å². The lowest BCUT2D eigenvalue weighted by Gasteiger charge is -2.09. The first-order chi connectivity index (χ1) is 11.7. The van der Waals surface area contributed by atoms with Gasteiger partial charge in [-0.15, -0.1) is 0 Å². The summed E-state index contributed by atoms with van der Waals surface area (Å²) in [6, 6.07) is 0. The minimum Gasteiger partial charge on any atom is -0.487 e. The second kappa shape index (κ2) is 19.2. The molecule has 0 aliphatic heterocycles. The third kappa shape index (κ3) is 18.2. The van der Waals surface area contributed by atoms with Crippen LogP contribution in [0.4, 0.5) is 0 Å². The van der Waals surface area contributed by atoms with Crippen molar-refractivity contribution >= 4 is 17.3 Å². The summed E-state index contributed by atoms with van der Waals surface area (Å²) in [5, 5.41) is 0.774. The Kier molecular flexibility index (Phi) is 19.1. The van der Waals surface area contributed by atoms with Crippen molar-refractivity contribution in [3.8, 4) is 0 Å². The van der Waals surface area contributed by atoms with Gasteiger partial charge in [0.25, 0.3) is 0 Å². The Bertz CT molecular complexity index is 263. The molecule has 0 aliphatic carbocycles. The molecule has 0 fully saturated rings. The molecular formula is C22H44OS. The third-order valence-electron chi connectivity index (χ3n) is 4.71. The van der Waals surface area contributed by atoms with Crippen molar-refractivity contribution in [3.05, 3.63) is 0 Å². The molecule has 0 N–H and O–H groups in total. The molecule has 0 radical (unpaired) electrons. The SMILES string of the molecule is CCCCCCCCCCCCCCCCCCOC(=S)C(C)C. The molecule has 144 valence electrons. The zero-order valence-corrected chi connectivity index (χ0v) is 17.7. The van der Waals surface area contributed by atoms with Crippen molar-refractivity contribution < 1.29 is 4.74 Å². The molecule has 1 nitrogen and oxygen atoms in total. The minimum absolute atomic E-state index is 0.376. The predicted octanol–water partition coefficient (Wildman–Crippen LogP) is 8.25. The van der Waals surface area contributed by atoms with Crippen molar-refractivity contribution in [2.24, 2.45) is 5.92 Å². The van der Waals surface area contributed by atoms with Gasteiger partial charge in [0.1, 0.15) is 0 Å². The highest BCUT2D eigenvalue weighted by atomic mass is 32.1. The second-order valence-electron chi connectivity index (χ2n) is 7.63. The second-order valence-corrected chi connectivity index (χ2v) is 8.03. The van der Waals surface area contributed by atoms with Crippen LogP contribution in [0.3, 0.4) is 0 Å². The van der Waals surface area contributed by atoms with E-state index in [1.165, 1.54) is 96.3 Å². The van der Waals surface area contributed by atoms with Crippen LogP contribution in [0.25, 0.3) is 0 Å². The van der Waals surface area contributed by atoms with Crippen molar-refractivity contribution in [1.82, 2.24) is 0 Å². The molecule has 0 aromatic carbocycles. The Labute approximate surface area is 158 Å². The first-order valence-corrected chi connectivity index (χ1v) is 11.3. The normalized spacial score (nSPS) is 11.2. The smallest absolute Gasteiger partial charge is 0.162 e. The zero-order valence-electron chi connectivity index (χ0n) is 16.9. The molecule has 0 aromatic heterocycles. The number of ether oxygens (including phenoxy) is 1. The van der Waals surface area contributed by atoms with E-state index in [0.717, 1.165) is 18.1 Å². The summed E-state index contributed by atoms with van der Waals surface area (Å²) in [7, 11) is 0. The number of unbranched alkanes of at least 4 members (excludes halogenated alkanes) is 15. The molecule has 0 unspecified atom stereocenters. The van der Waals surface area contributed by atoms with E-state index in [1.54, 1.807) is 0 Å². The van der Waals surface area contributed by atoms with Crippen LogP contribution in [-0.4, -0.2) is 11.7 Å². The van der Waals surface area contributed by atoms with E-state index in [-0.39, 0.29) is 0 Å². The van der Waals surface area contributed by atoms with E-state index < -0.39 is 0 Å². The van der Waals surface area contributed by atoms with Gasteiger partial charge in [-0.1, -0.05) is 117 Å². The molecular weight excluding hydrogens is 312 g/mol. The summed E-state index contributed by atoms with van der Waals surface area (Å²) in [4.78, 5) is 0. The summed E-state index contributed by atoms with van der Waals surface area (Å²) in [5.41, 5.74) is 0. The molecule has 0 heterocycles. The van der Waals surface area contributed by atoms with Crippen LogP contribution in [0.2, 0.25) is 0 Å². The first-order valence-electron chi connectivity index (χ1n) is 10.8. The molecule has 0 rings (SSSR count). The van der Waals surface area contributed by atoms with Crippen LogP contribution in [0, 0.1) is 5.92 Å². The first kappa shape index (κ1) is 23.9. The summed E-state index contributed by atoms with van der Waals surface area (Å²) >= 11 is 5.17. The largest absolute Gasteiger partial charge is 0.487 e. The molecule has 0 saturated heterocycles. The van der Waals surface area contributed by atoms with Crippen LogP contribution in [0.1, 0.15) is 124 Å². The lowest BCUT2D eigenvalue weighted by atomic mass is 10.0. The average Bonchev–Trinajstić information content (AvgIpc) is 2.57. The monoisotopic (exact) mass is 356 g/mol. The summed E-state index contributed by atoms with van der Waals surface area (Å²) in [5.74, 6) is 0.376. The van der Waals surface area contributed by atoms with Gasteiger partial charge in [-0.2, -0.15) is 0 Å². The Balaban J connectivity index is 3.04. The molecule has 0 aliphatic rings. The molecule has 0 bridgehead atoms. The van der Waals surface area contributed by atoms with Crippen LogP contribution >= 0.6 is 12.2 Å². The Hall–Kier alpha value is -0.110. The van der Waals surface area contributed by atoms with Gasteiger partial charge in [0.2, 0.25) is 0 Å². The highest BCUT2D eigenvalue weighted by molar-refractivity contribution is 7.80. The fourth-order valence-corrected chi connectivity index (χ4v) is 3.07. The maximum Gasteiger partial charge on any atom is 0.162 e. The van der Waals surface area contributed by atoms with Crippen LogP contribution < -0.4 is 0 Å². The number of hydrogen-bond acceptors (Lipinski definition) is 2. The van der Waals surface area contributed by atoms with Crippen LogP contribution in [-0.2, 0) is 4.74 Å². The van der Waals surface area contributed by atoms with Gasteiger partial charge in [0, 0.05) is 5.92 Å². The fraction of sp³-hybridized carbons (Fsp3) is 0.955. The summed E-state index contributed by atoms with van der Waals surface area (Å²) < 4.78 is 5.55. The zero-order chi connectivity index (χ0) is 17.9. The fourth-order valence-electron chi connectivity index (χ4n) is 2.99. The highest BCUT2D eigenvalue weighted by Gasteiger charge is 2.02. The van der Waals surface area contributed by atoms with E-state index in [4.69, 9.17) is 17.0 Å². The van der Waals surface area contributed by atoms with Gasteiger partial charge in [-0.25, -0.2) is 0 Å². The van der Waals surface area contributed by atoms with Gasteiger partial charge in [0.15, 0.2) is 5.05 Å². The maximum absolute atomic E-state index is 5.55. The topological polar surface area (TPSA) is 9.23 Å². The third-order valence-corrected chi connectivity index (χ3v) is 5.30. The van der Waals surface area contributed by atoms with Gasteiger partial charge in [-0.3, -0.25) is 0 Å². The quantitative estimate of drug-likeness (QED) is 0.180. The van der Waals surface area contributed by atoms with Crippen molar-refractivity contribution in [2.45, 2.75) is 124 Å². The Morgan fingerprint density at radius 3 is 1.29 bits per heavy atom. The van der Waals surface area contributed by atoms with Gasteiger partial charge in [0.05, 0.1) is 6.61 Å². The lowest BCUT2D eigenvalue weighted by Crippen LogP contribution is -2.09. The van der Waals surface area contributed by atoms with Gasteiger partial charge >= 0.3 is 0 Å². The molecule has 0 atom stereocenters. The van der Waals surface area contributed by atoms with E-state index in [9.17, 15) is 0 Å². The lowest BCUT2D eigenvalue weighted by molar-refractivity contribution is 0.283. The molecule has 0 aromatic rings. The van der Waals surface area contributed by atoms with Crippen LogP contribution in [0.5, 0.6) is 0 Å². The van der Waals surface area contributed by atoms with E-state index in [1.807, 2.05) is 0 Å². The molecule has 2 heteroatoms. The number of thiocarbonyl (C=S) groups is 1. The molecule has 0 saturated carbocycles. The van der Waals surface area contributed by atoms with E-state index in [2.05, 4.69) is 20.8 Å². The predicted molar refractivity (Wildman–Crippen MR) is 113 cm³/mol. The Morgan fingerprint density at radius 2 is 0.958 bits per heavy atom. The van der Waals surface area contributed by atoms with Gasteiger partial charge < -0.3 is 4.74 Å². The number of rotatable bonds is 18. The standard InChI is InChI=1S/C22H44OS/c1-4-5-6-7-8-9-10-11-12-13-14-15-16-17-18-19-20-23-22(24)21(2)3/h21H,4-20H2,1-3H3. The van der Waals surface area contributed by atoms with Crippen molar-refractivity contribution in [2.75, 3.05) is 6.61 Å². The average molecular weight is 357 g/mol. The number of hydrogen-bond donors (Lipinski definition) is 0. The summed E-state index contributed by atoms with van der Waals surface area (Å²) in [6.45, 7) is 7.29. The Morgan fingerprint density at radius 1 is 0.625 bits per heavy atom. The highest BCUT2D eigenvalue weighted by Crippen LogP contribution is 2.13. The van der Waals surface area contributed by atoms with Crippen molar-refractivity contribution in [3.63, 3.8) is 0 Å². The molecule has 0 amide bonds. The molecule has 24 heavy (non-hydrogen) atoms. The van der Waals surface area contributed by atoms with Crippen molar-refractivity contribution in [1.29, 1.82) is 0 Å².